The first-order valence-electron chi connectivity index (χ1n) is 6.77. The maximum absolute atomic E-state index is 12.5. The van der Waals surface area contributed by atoms with Gasteiger partial charge >= 0.3 is 0 Å². The van der Waals surface area contributed by atoms with Gasteiger partial charge in [0.1, 0.15) is 16.1 Å². The Labute approximate surface area is 137 Å². The SMILES string of the molecule is O=C(c1cc(Cl)nc(Cl)c1)N1CCN(c2cnccn2)CC1. The average molecular weight is 338 g/mol. The van der Waals surface area contributed by atoms with Crippen molar-refractivity contribution in [1.29, 1.82) is 0 Å². The van der Waals surface area contributed by atoms with E-state index in [1.165, 1.54) is 12.1 Å². The van der Waals surface area contributed by atoms with E-state index < -0.39 is 0 Å². The van der Waals surface area contributed by atoms with E-state index >= 15 is 0 Å². The molecule has 6 nitrogen and oxygen atoms in total. The van der Waals surface area contributed by atoms with Crippen molar-refractivity contribution in [3.63, 3.8) is 0 Å². The minimum Gasteiger partial charge on any atom is -0.352 e. The molecule has 0 radical (unpaired) electrons. The summed E-state index contributed by atoms with van der Waals surface area (Å²) in [6, 6.07) is 3.07. The molecule has 3 rings (SSSR count). The summed E-state index contributed by atoms with van der Waals surface area (Å²) < 4.78 is 0. The minimum absolute atomic E-state index is 0.0926. The molecule has 0 aliphatic carbocycles. The second-order valence-corrected chi connectivity index (χ2v) is 5.62. The number of nitrogens with zero attached hydrogens (tertiary/aromatic N) is 5. The van der Waals surface area contributed by atoms with Crippen LogP contribution in [0, 0.1) is 0 Å². The van der Waals surface area contributed by atoms with Gasteiger partial charge in [0.2, 0.25) is 0 Å². The minimum atomic E-state index is -0.0926. The fourth-order valence-electron chi connectivity index (χ4n) is 2.36. The fraction of sp³-hybridized carbons (Fsp3) is 0.286. The zero-order valence-corrected chi connectivity index (χ0v) is 13.1. The van der Waals surface area contributed by atoms with Crippen molar-refractivity contribution in [1.82, 2.24) is 19.9 Å². The number of carbonyl (C=O) groups excluding carboxylic acids is 1. The van der Waals surface area contributed by atoms with Crippen LogP contribution in [0.1, 0.15) is 10.4 Å². The van der Waals surface area contributed by atoms with Gasteiger partial charge in [-0.15, -0.1) is 0 Å². The van der Waals surface area contributed by atoms with Gasteiger partial charge < -0.3 is 9.80 Å². The Kier molecular flexibility index (Phi) is 4.40. The molecule has 2 aromatic rings. The van der Waals surface area contributed by atoms with Crippen molar-refractivity contribution < 1.29 is 4.79 Å². The van der Waals surface area contributed by atoms with Crippen molar-refractivity contribution in [2.75, 3.05) is 31.1 Å². The summed E-state index contributed by atoms with van der Waals surface area (Å²) in [5.41, 5.74) is 0.456. The number of pyridine rings is 1. The van der Waals surface area contributed by atoms with Crippen LogP contribution in [0.2, 0.25) is 10.3 Å². The van der Waals surface area contributed by atoms with Crippen molar-refractivity contribution in [3.05, 3.63) is 46.6 Å². The monoisotopic (exact) mass is 337 g/mol. The number of anilines is 1. The lowest BCUT2D eigenvalue weighted by molar-refractivity contribution is 0.0746. The highest BCUT2D eigenvalue weighted by molar-refractivity contribution is 6.33. The lowest BCUT2D eigenvalue weighted by Gasteiger charge is -2.35. The van der Waals surface area contributed by atoms with E-state index in [9.17, 15) is 4.79 Å². The number of amides is 1. The predicted molar refractivity (Wildman–Crippen MR) is 84.4 cm³/mol. The van der Waals surface area contributed by atoms with Crippen molar-refractivity contribution in [3.8, 4) is 0 Å². The topological polar surface area (TPSA) is 62.2 Å². The molecule has 2 aromatic heterocycles. The number of rotatable bonds is 2. The lowest BCUT2D eigenvalue weighted by Crippen LogP contribution is -2.49. The maximum Gasteiger partial charge on any atom is 0.254 e. The summed E-state index contributed by atoms with van der Waals surface area (Å²) in [5, 5.41) is 0.433. The van der Waals surface area contributed by atoms with Gasteiger partial charge in [-0.05, 0) is 12.1 Å². The second-order valence-electron chi connectivity index (χ2n) is 4.84. The van der Waals surface area contributed by atoms with E-state index in [0.717, 1.165) is 5.82 Å². The molecule has 0 spiro atoms. The fourth-order valence-corrected chi connectivity index (χ4v) is 2.82. The largest absolute Gasteiger partial charge is 0.352 e. The van der Waals surface area contributed by atoms with E-state index in [1.54, 1.807) is 23.5 Å². The predicted octanol–water partition coefficient (Wildman–Crippen LogP) is 2.14. The first-order chi connectivity index (χ1) is 10.6. The molecule has 1 aliphatic heterocycles. The second kappa shape index (κ2) is 6.46. The summed E-state index contributed by atoms with van der Waals surface area (Å²) in [7, 11) is 0. The van der Waals surface area contributed by atoms with Crippen LogP contribution in [0.4, 0.5) is 5.82 Å². The Morgan fingerprint density at radius 3 is 2.32 bits per heavy atom. The third kappa shape index (κ3) is 3.28. The van der Waals surface area contributed by atoms with Gasteiger partial charge in [-0.2, -0.15) is 0 Å². The Hall–Kier alpha value is -1.92. The van der Waals surface area contributed by atoms with Gasteiger partial charge in [-0.25, -0.2) is 9.97 Å². The summed E-state index contributed by atoms with van der Waals surface area (Å²) in [6.07, 6.45) is 5.02. The van der Waals surface area contributed by atoms with Crippen LogP contribution in [-0.2, 0) is 0 Å². The van der Waals surface area contributed by atoms with E-state index in [-0.39, 0.29) is 16.2 Å². The van der Waals surface area contributed by atoms with Crippen LogP contribution in [-0.4, -0.2) is 51.9 Å². The number of hydrogen-bond acceptors (Lipinski definition) is 5. The van der Waals surface area contributed by atoms with Gasteiger partial charge in [-0.1, -0.05) is 23.2 Å². The molecule has 1 fully saturated rings. The molecule has 8 heteroatoms. The van der Waals surface area contributed by atoms with Crippen LogP contribution >= 0.6 is 23.2 Å². The molecule has 1 amide bonds. The van der Waals surface area contributed by atoms with E-state index in [2.05, 4.69) is 19.9 Å². The lowest BCUT2D eigenvalue weighted by atomic mass is 10.2. The highest BCUT2D eigenvalue weighted by atomic mass is 35.5. The van der Waals surface area contributed by atoms with Crippen LogP contribution in [0.3, 0.4) is 0 Å². The normalized spacial score (nSPS) is 15.0. The summed E-state index contributed by atoms with van der Waals surface area (Å²) in [4.78, 5) is 28.5. The third-order valence-electron chi connectivity index (χ3n) is 3.45. The molecule has 0 saturated carbocycles. The molecule has 0 bridgehead atoms. The molecule has 1 saturated heterocycles. The van der Waals surface area contributed by atoms with Crippen molar-refractivity contribution in [2.24, 2.45) is 0 Å². The number of piperazine rings is 1. The quantitative estimate of drug-likeness (QED) is 0.785. The molecule has 0 N–H and O–H groups in total. The number of halogens is 2. The first kappa shape index (κ1) is 15.0. The van der Waals surface area contributed by atoms with Gasteiger partial charge in [-0.3, -0.25) is 9.78 Å². The molecule has 114 valence electrons. The van der Waals surface area contributed by atoms with Crippen molar-refractivity contribution in [2.45, 2.75) is 0 Å². The van der Waals surface area contributed by atoms with Crippen molar-refractivity contribution >= 4 is 34.9 Å². The zero-order chi connectivity index (χ0) is 15.5. The molecular formula is C14H13Cl2N5O. The zero-order valence-electron chi connectivity index (χ0n) is 11.6. The highest BCUT2D eigenvalue weighted by Crippen LogP contribution is 2.18. The number of hydrogen-bond donors (Lipinski definition) is 0. The number of aromatic nitrogens is 3. The Morgan fingerprint density at radius 1 is 1.05 bits per heavy atom. The van der Waals surface area contributed by atoms with Gasteiger partial charge in [0.05, 0.1) is 6.20 Å². The van der Waals surface area contributed by atoms with Gasteiger partial charge in [0.15, 0.2) is 0 Å². The number of carbonyl (C=O) groups is 1. The van der Waals surface area contributed by atoms with E-state index in [4.69, 9.17) is 23.2 Å². The van der Waals surface area contributed by atoms with Crippen LogP contribution in [0.15, 0.2) is 30.7 Å². The van der Waals surface area contributed by atoms with E-state index in [1.807, 2.05) is 0 Å². The maximum atomic E-state index is 12.5. The van der Waals surface area contributed by atoms with E-state index in [0.29, 0.717) is 31.7 Å². The molecule has 0 unspecified atom stereocenters. The van der Waals surface area contributed by atoms with Crippen LogP contribution in [0.5, 0.6) is 0 Å². The summed E-state index contributed by atoms with van der Waals surface area (Å²) >= 11 is 11.7. The Balaban J connectivity index is 1.67. The third-order valence-corrected chi connectivity index (χ3v) is 3.84. The summed E-state index contributed by atoms with van der Waals surface area (Å²) in [5.74, 6) is 0.731. The Morgan fingerprint density at radius 2 is 1.73 bits per heavy atom. The molecule has 22 heavy (non-hydrogen) atoms. The summed E-state index contributed by atoms with van der Waals surface area (Å²) in [6.45, 7) is 2.62. The van der Waals surface area contributed by atoms with Crippen LogP contribution < -0.4 is 4.90 Å². The Bertz CT molecular complexity index is 654. The first-order valence-corrected chi connectivity index (χ1v) is 7.52. The molecule has 3 heterocycles. The van der Waals surface area contributed by atoms with Gasteiger partial charge in [0.25, 0.3) is 5.91 Å². The molecule has 0 atom stereocenters. The average Bonchev–Trinajstić information content (AvgIpc) is 2.54. The molecule has 0 aromatic carbocycles. The smallest absolute Gasteiger partial charge is 0.254 e. The highest BCUT2D eigenvalue weighted by Gasteiger charge is 2.23. The standard InChI is InChI=1S/C14H13Cl2N5O/c15-11-7-10(8-12(16)19-11)14(22)21-5-3-20(4-6-21)13-9-17-1-2-18-13/h1-2,7-9H,3-6H2. The van der Waals surface area contributed by atoms with Gasteiger partial charge in [0, 0.05) is 44.1 Å². The molecular weight excluding hydrogens is 325 g/mol. The molecule has 1 aliphatic rings. The van der Waals surface area contributed by atoms with Crippen LogP contribution in [0.25, 0.3) is 0 Å².